The Labute approximate surface area is 99.4 Å². The molecule has 13 heavy (non-hydrogen) atoms. The molecule has 2 aromatic rings. The topological polar surface area (TPSA) is 3.88 Å². The monoisotopic (exact) mass is 305 g/mol. The van der Waals surface area contributed by atoms with Gasteiger partial charge in [0.1, 0.15) is 11.7 Å². The van der Waals surface area contributed by atoms with Gasteiger partial charge in [-0.3, -0.25) is 0 Å². The molecule has 1 heterocycles. The Morgan fingerprint density at radius 1 is 1.23 bits per heavy atom. The largest absolute Gasteiger partial charge is 1.00 e. The number of hydrogen-bond acceptors (Lipinski definition) is 1. The highest BCUT2D eigenvalue weighted by Gasteiger charge is 2.11. The van der Waals surface area contributed by atoms with Gasteiger partial charge in [-0.15, -0.1) is 0 Å². The number of aryl methyl sites for hydroxylation is 3. The maximum absolute atomic E-state index is 2.24. The number of thiazole rings is 1. The van der Waals surface area contributed by atoms with Crippen LogP contribution in [0.4, 0.5) is 0 Å². The summed E-state index contributed by atoms with van der Waals surface area (Å²) in [5.41, 5.74) is 2.67. The third-order valence-electron chi connectivity index (χ3n) is 2.21. The second-order valence-electron chi connectivity index (χ2n) is 3.15. The molecule has 0 aliphatic rings. The van der Waals surface area contributed by atoms with Gasteiger partial charge in [0.05, 0.1) is 0 Å². The third-order valence-corrected chi connectivity index (χ3v) is 3.34. The Balaban J connectivity index is 0.000000845. The van der Waals surface area contributed by atoms with Gasteiger partial charge in [0.2, 0.25) is 10.5 Å². The first-order valence-electron chi connectivity index (χ1n) is 4.04. The predicted molar refractivity (Wildman–Crippen MR) is 52.5 cm³/mol. The Kier molecular flexibility index (Phi) is 3.29. The summed E-state index contributed by atoms with van der Waals surface area (Å²) in [7, 11) is 2.12. The number of rotatable bonds is 0. The van der Waals surface area contributed by atoms with Gasteiger partial charge in [0.15, 0.2) is 0 Å². The van der Waals surface area contributed by atoms with Crippen molar-refractivity contribution in [3.05, 3.63) is 28.8 Å². The van der Waals surface area contributed by atoms with Crippen molar-refractivity contribution in [2.45, 2.75) is 13.8 Å². The average Bonchev–Trinajstić information content (AvgIpc) is 2.31. The van der Waals surface area contributed by atoms with Crippen molar-refractivity contribution in [1.29, 1.82) is 0 Å². The number of hydrogen-bond donors (Lipinski definition) is 0. The Morgan fingerprint density at radius 3 is 2.62 bits per heavy atom. The first-order chi connectivity index (χ1) is 5.68. The van der Waals surface area contributed by atoms with E-state index in [1.165, 1.54) is 20.8 Å². The van der Waals surface area contributed by atoms with Gasteiger partial charge in [-0.25, -0.2) is 0 Å². The van der Waals surface area contributed by atoms with Crippen molar-refractivity contribution in [1.82, 2.24) is 0 Å². The molecule has 0 bridgehead atoms. The Morgan fingerprint density at radius 2 is 1.92 bits per heavy atom. The van der Waals surface area contributed by atoms with E-state index in [1.807, 2.05) is 11.3 Å². The lowest BCUT2D eigenvalue weighted by molar-refractivity contribution is -0.646. The van der Waals surface area contributed by atoms with E-state index in [1.54, 1.807) is 0 Å². The zero-order valence-corrected chi connectivity index (χ0v) is 10.9. The van der Waals surface area contributed by atoms with Crippen molar-refractivity contribution in [3.8, 4) is 0 Å². The minimum Gasteiger partial charge on any atom is -1.00 e. The van der Waals surface area contributed by atoms with Crippen LogP contribution in [0.2, 0.25) is 0 Å². The molecule has 0 spiro atoms. The van der Waals surface area contributed by atoms with E-state index in [9.17, 15) is 0 Å². The van der Waals surface area contributed by atoms with Crippen LogP contribution in [0.15, 0.2) is 18.2 Å². The molecule has 1 nitrogen and oxygen atoms in total. The standard InChI is InChI=1S/C10H12NS.HI/c1-7-4-5-10-9(6-7)11(3)8(2)12-10;/h4-6H,1-3H3;1H/q+1;/p-1. The lowest BCUT2D eigenvalue weighted by Gasteiger charge is -1.88. The van der Waals surface area contributed by atoms with E-state index in [0.29, 0.717) is 0 Å². The number of aromatic nitrogens is 1. The van der Waals surface area contributed by atoms with E-state index in [0.717, 1.165) is 0 Å². The molecular formula is C10H12INS. The van der Waals surface area contributed by atoms with E-state index in [4.69, 9.17) is 0 Å². The summed E-state index contributed by atoms with van der Waals surface area (Å²) in [5.74, 6) is 0. The van der Waals surface area contributed by atoms with Gasteiger partial charge >= 0.3 is 0 Å². The number of fused-ring (bicyclic) bond motifs is 1. The predicted octanol–water partition coefficient (Wildman–Crippen LogP) is -0.653. The molecule has 0 radical (unpaired) electrons. The molecule has 1 aromatic heterocycles. The summed E-state index contributed by atoms with van der Waals surface area (Å²) >= 11 is 1.85. The number of halogens is 1. The van der Waals surface area contributed by atoms with Crippen molar-refractivity contribution in [2.75, 3.05) is 0 Å². The second kappa shape index (κ2) is 3.92. The minimum absolute atomic E-state index is 0. The quantitative estimate of drug-likeness (QED) is 0.450. The molecule has 0 unspecified atom stereocenters. The lowest BCUT2D eigenvalue weighted by atomic mass is 10.2. The maximum Gasteiger partial charge on any atom is 0.234 e. The highest BCUT2D eigenvalue weighted by atomic mass is 127. The van der Waals surface area contributed by atoms with Crippen LogP contribution in [0.25, 0.3) is 10.2 Å². The minimum atomic E-state index is 0. The van der Waals surface area contributed by atoms with E-state index in [2.05, 4.69) is 43.7 Å². The SMILES string of the molecule is Cc1ccc2sc(C)[n+](C)c2c1.[I-]. The molecule has 0 saturated heterocycles. The van der Waals surface area contributed by atoms with Crippen LogP contribution < -0.4 is 28.5 Å². The van der Waals surface area contributed by atoms with Gasteiger partial charge in [-0.05, 0) is 18.6 Å². The fourth-order valence-electron chi connectivity index (χ4n) is 1.37. The molecule has 0 N–H and O–H groups in total. The first kappa shape index (κ1) is 10.9. The lowest BCUT2D eigenvalue weighted by Crippen LogP contribution is -3.00. The van der Waals surface area contributed by atoms with Crippen LogP contribution in [-0.2, 0) is 7.05 Å². The van der Waals surface area contributed by atoms with Crippen LogP contribution in [0.3, 0.4) is 0 Å². The summed E-state index contributed by atoms with van der Waals surface area (Å²) in [6, 6.07) is 6.60. The van der Waals surface area contributed by atoms with Gasteiger partial charge in [-0.2, -0.15) is 4.57 Å². The molecule has 70 valence electrons. The first-order valence-corrected chi connectivity index (χ1v) is 4.86. The molecule has 0 amide bonds. The molecule has 1 aromatic carbocycles. The van der Waals surface area contributed by atoms with E-state index < -0.39 is 0 Å². The van der Waals surface area contributed by atoms with Crippen LogP contribution in [0.1, 0.15) is 10.6 Å². The summed E-state index contributed by atoms with van der Waals surface area (Å²) in [5, 5.41) is 1.36. The van der Waals surface area contributed by atoms with Crippen LogP contribution in [0, 0.1) is 13.8 Å². The van der Waals surface area contributed by atoms with Gasteiger partial charge in [-0.1, -0.05) is 17.4 Å². The number of benzene rings is 1. The van der Waals surface area contributed by atoms with Crippen LogP contribution in [-0.4, -0.2) is 0 Å². The molecule has 3 heteroatoms. The molecular weight excluding hydrogens is 293 g/mol. The van der Waals surface area contributed by atoms with Crippen LogP contribution in [0.5, 0.6) is 0 Å². The Bertz CT molecular complexity index is 434. The summed E-state index contributed by atoms with van der Waals surface area (Å²) in [4.78, 5) is 0. The Hall–Kier alpha value is -0.160. The third kappa shape index (κ3) is 1.86. The van der Waals surface area contributed by atoms with Crippen LogP contribution >= 0.6 is 11.3 Å². The second-order valence-corrected chi connectivity index (χ2v) is 4.39. The van der Waals surface area contributed by atoms with Gasteiger partial charge < -0.3 is 24.0 Å². The van der Waals surface area contributed by atoms with Crippen molar-refractivity contribution >= 4 is 21.6 Å². The maximum atomic E-state index is 2.24. The van der Waals surface area contributed by atoms with Crippen molar-refractivity contribution < 1.29 is 28.5 Å². The highest BCUT2D eigenvalue weighted by molar-refractivity contribution is 7.18. The normalized spacial score (nSPS) is 10.1. The summed E-state index contributed by atoms with van der Waals surface area (Å²) < 4.78 is 3.62. The summed E-state index contributed by atoms with van der Waals surface area (Å²) in [6.45, 7) is 4.28. The zero-order chi connectivity index (χ0) is 8.72. The fraction of sp³-hybridized carbons (Fsp3) is 0.300. The van der Waals surface area contributed by atoms with E-state index >= 15 is 0 Å². The molecule has 0 aliphatic carbocycles. The highest BCUT2D eigenvalue weighted by Crippen LogP contribution is 2.19. The molecule has 0 saturated carbocycles. The molecule has 0 aliphatic heterocycles. The van der Waals surface area contributed by atoms with E-state index in [-0.39, 0.29) is 24.0 Å². The fourth-order valence-corrected chi connectivity index (χ4v) is 2.36. The van der Waals surface area contributed by atoms with Gasteiger partial charge in [0.25, 0.3) is 0 Å². The zero-order valence-electron chi connectivity index (χ0n) is 7.97. The van der Waals surface area contributed by atoms with Crippen molar-refractivity contribution in [2.24, 2.45) is 7.05 Å². The molecule has 2 rings (SSSR count). The number of nitrogens with zero attached hydrogens (tertiary/aromatic N) is 1. The van der Waals surface area contributed by atoms with Crippen molar-refractivity contribution in [3.63, 3.8) is 0 Å². The molecule has 0 fully saturated rings. The molecule has 0 atom stereocenters. The average molecular weight is 305 g/mol. The smallest absolute Gasteiger partial charge is 0.234 e. The summed E-state index contributed by atoms with van der Waals surface area (Å²) in [6.07, 6.45) is 0. The van der Waals surface area contributed by atoms with Gasteiger partial charge in [0, 0.05) is 13.0 Å².